The van der Waals surface area contributed by atoms with Crippen molar-refractivity contribution in [2.75, 3.05) is 12.3 Å². The number of aromatic nitrogens is 4. The Labute approximate surface area is 186 Å². The Morgan fingerprint density at radius 2 is 1.88 bits per heavy atom. The van der Waals surface area contributed by atoms with Gasteiger partial charge in [0.2, 0.25) is 0 Å². The average Bonchev–Trinajstić information content (AvgIpc) is 3.46. The SMILES string of the molecule is Nc1ncnc2c1ncn2[C@@H]1O[C@H](CO)[C@H]2OC3(O[C@H]21)C([N+](=O)[O-])=CC([N+](=O)[O-])=C[C-]3[N+](=O)[O-]. The molecule has 18 nitrogen and oxygen atoms in total. The van der Waals surface area contributed by atoms with Crippen LogP contribution in [0.2, 0.25) is 0 Å². The van der Waals surface area contributed by atoms with Gasteiger partial charge in [-0.25, -0.2) is 15.0 Å². The lowest BCUT2D eigenvalue weighted by atomic mass is 9.96. The van der Waals surface area contributed by atoms with Crippen LogP contribution >= 0.6 is 0 Å². The second-order valence-corrected chi connectivity index (χ2v) is 7.37. The fourth-order valence-corrected chi connectivity index (χ4v) is 4.15. The summed E-state index contributed by atoms with van der Waals surface area (Å²) in [5.41, 5.74) is 4.24. The number of allylic oxidation sites excluding steroid dienone is 1. The third kappa shape index (κ3) is 2.90. The molecule has 18 heteroatoms. The van der Waals surface area contributed by atoms with Gasteiger partial charge in [-0.05, 0) is 9.85 Å². The van der Waals surface area contributed by atoms with E-state index in [4.69, 9.17) is 19.9 Å². The largest absolute Gasteiger partial charge is 0.394 e. The summed E-state index contributed by atoms with van der Waals surface area (Å²) in [5, 5.41) is 44.7. The topological polar surface area (TPSA) is 247 Å². The molecule has 0 bridgehead atoms. The predicted molar refractivity (Wildman–Crippen MR) is 104 cm³/mol. The quantitative estimate of drug-likeness (QED) is 0.295. The molecule has 5 atom stereocenters. The van der Waals surface area contributed by atoms with Gasteiger partial charge < -0.3 is 25.1 Å². The minimum atomic E-state index is -2.71. The van der Waals surface area contributed by atoms with Crippen molar-refractivity contribution in [3.8, 4) is 0 Å². The summed E-state index contributed by atoms with van der Waals surface area (Å²) in [5.74, 6) is -2.65. The minimum Gasteiger partial charge on any atom is -0.394 e. The molecule has 0 amide bonds. The summed E-state index contributed by atoms with van der Waals surface area (Å²) in [4.78, 5) is 43.7. The highest BCUT2D eigenvalue weighted by atomic mass is 16.8. The van der Waals surface area contributed by atoms with Gasteiger partial charge in [-0.2, -0.15) is 0 Å². The number of nitro groups is 3. The van der Waals surface area contributed by atoms with Crippen molar-refractivity contribution in [1.29, 1.82) is 0 Å². The number of hydrogen-bond acceptors (Lipinski definition) is 14. The van der Waals surface area contributed by atoms with Crippen LogP contribution in [0.5, 0.6) is 0 Å². The zero-order valence-electron chi connectivity index (χ0n) is 16.7. The molecule has 3 aliphatic rings. The van der Waals surface area contributed by atoms with Crippen molar-refractivity contribution in [3.05, 3.63) is 72.6 Å². The highest BCUT2D eigenvalue weighted by molar-refractivity contribution is 5.81. The van der Waals surface area contributed by atoms with Gasteiger partial charge in [0.1, 0.15) is 35.9 Å². The molecular formula is C16H13N8O10-. The predicted octanol–water partition coefficient (Wildman–Crippen LogP) is -1.08. The third-order valence-electron chi connectivity index (χ3n) is 5.58. The number of nitrogens with zero attached hydrogens (tertiary/aromatic N) is 7. The Hall–Kier alpha value is -4.26. The van der Waals surface area contributed by atoms with E-state index < -0.39 is 69.1 Å². The molecule has 0 aromatic carbocycles. The first-order chi connectivity index (χ1) is 16.2. The lowest BCUT2D eigenvalue weighted by molar-refractivity contribution is -0.525. The van der Waals surface area contributed by atoms with Gasteiger partial charge in [0.15, 0.2) is 23.7 Å². The Morgan fingerprint density at radius 3 is 2.53 bits per heavy atom. The maximum atomic E-state index is 11.8. The van der Waals surface area contributed by atoms with Crippen LogP contribution in [0.3, 0.4) is 0 Å². The monoisotopic (exact) mass is 477 g/mol. The first kappa shape index (κ1) is 21.6. The standard InChI is InChI=1S/C16H13N8O10/c17-13-10-14(19-4-18-13)21(5-20-10)15-12-11(7(3-25)32-15)33-16(34-12)8(23(28)29)1-6(22(26)27)2-9(16)24(30)31/h1-2,4-5,7,11-12,15,25H,3H2,(H2,17,18,19)/q-1/t7-,11-,12-,15-/m1/s1. The number of ether oxygens (including phenoxy) is 3. The highest BCUT2D eigenvalue weighted by Crippen LogP contribution is 2.52. The summed E-state index contributed by atoms with van der Waals surface area (Å²) in [6.45, 7) is -0.637. The van der Waals surface area contributed by atoms with Crippen molar-refractivity contribution >= 4 is 17.0 Å². The molecule has 1 unspecified atom stereocenters. The summed E-state index contributed by atoms with van der Waals surface area (Å²) >= 11 is 0. The molecule has 1 aliphatic carbocycles. The summed E-state index contributed by atoms with van der Waals surface area (Å²) in [6, 6.07) is -1.07. The molecule has 2 aromatic rings. The number of nitrogen functional groups attached to an aromatic ring is 1. The van der Waals surface area contributed by atoms with Crippen LogP contribution in [0.25, 0.3) is 11.2 Å². The average molecular weight is 477 g/mol. The van der Waals surface area contributed by atoms with E-state index in [1.165, 1.54) is 10.9 Å². The smallest absolute Gasteiger partial charge is 0.287 e. The van der Waals surface area contributed by atoms with Crippen molar-refractivity contribution in [2.24, 2.45) is 0 Å². The molecule has 0 radical (unpaired) electrons. The van der Waals surface area contributed by atoms with Gasteiger partial charge in [-0.3, -0.25) is 34.9 Å². The summed E-state index contributed by atoms with van der Waals surface area (Å²) in [7, 11) is 0. The van der Waals surface area contributed by atoms with Crippen molar-refractivity contribution in [3.63, 3.8) is 0 Å². The molecule has 2 saturated heterocycles. The minimum absolute atomic E-state index is 0.0596. The second-order valence-electron chi connectivity index (χ2n) is 7.37. The Bertz CT molecular complexity index is 1290. The number of fused-ring (bicyclic) bond motifs is 2. The molecule has 2 fully saturated rings. The van der Waals surface area contributed by atoms with E-state index in [-0.39, 0.29) is 17.0 Å². The van der Waals surface area contributed by atoms with E-state index in [1.54, 1.807) is 0 Å². The first-order valence-corrected chi connectivity index (χ1v) is 9.47. The zero-order chi connectivity index (χ0) is 24.4. The maximum Gasteiger partial charge on any atom is 0.287 e. The molecule has 5 rings (SSSR count). The number of rotatable bonds is 5. The number of anilines is 1. The van der Waals surface area contributed by atoms with Crippen molar-refractivity contribution in [2.45, 2.75) is 30.3 Å². The van der Waals surface area contributed by atoms with Crippen LogP contribution in [0, 0.1) is 36.4 Å². The number of nitrogens with two attached hydrogens (primary N) is 1. The van der Waals surface area contributed by atoms with Crippen molar-refractivity contribution in [1.82, 2.24) is 19.5 Å². The van der Waals surface area contributed by atoms with E-state index in [2.05, 4.69) is 15.0 Å². The lowest BCUT2D eigenvalue weighted by Crippen LogP contribution is -2.49. The van der Waals surface area contributed by atoms with Crippen LogP contribution < -0.4 is 5.73 Å². The normalized spacial score (nSPS) is 30.3. The van der Waals surface area contributed by atoms with Gasteiger partial charge in [0.05, 0.1) is 17.9 Å². The van der Waals surface area contributed by atoms with Crippen LogP contribution in [0.15, 0.2) is 36.2 Å². The zero-order valence-corrected chi connectivity index (χ0v) is 16.7. The van der Waals surface area contributed by atoms with E-state index >= 15 is 0 Å². The molecule has 2 aromatic heterocycles. The summed E-state index contributed by atoms with van der Waals surface area (Å²) in [6.07, 6.45) is -1.30. The second kappa shape index (κ2) is 7.38. The highest BCUT2D eigenvalue weighted by Gasteiger charge is 2.67. The first-order valence-electron chi connectivity index (χ1n) is 9.47. The molecule has 0 saturated carbocycles. The number of aliphatic hydroxyl groups excluding tert-OH is 1. The van der Waals surface area contributed by atoms with Crippen LogP contribution in [-0.2, 0) is 14.2 Å². The van der Waals surface area contributed by atoms with E-state index in [9.17, 15) is 35.4 Å². The molecule has 4 heterocycles. The number of imidazole rings is 1. The van der Waals surface area contributed by atoms with E-state index in [0.29, 0.717) is 12.2 Å². The maximum absolute atomic E-state index is 11.8. The Kier molecular flexibility index (Phi) is 4.68. The van der Waals surface area contributed by atoms with Crippen LogP contribution in [-0.4, -0.2) is 70.1 Å². The molecule has 2 aliphatic heterocycles. The molecular weight excluding hydrogens is 464 g/mol. The third-order valence-corrected chi connectivity index (χ3v) is 5.58. The van der Waals surface area contributed by atoms with Gasteiger partial charge in [-0.15, -0.1) is 0 Å². The van der Waals surface area contributed by atoms with Gasteiger partial charge in [-0.1, -0.05) is 6.08 Å². The van der Waals surface area contributed by atoms with Gasteiger partial charge >= 0.3 is 0 Å². The molecule has 178 valence electrons. The fourth-order valence-electron chi connectivity index (χ4n) is 4.15. The Balaban J connectivity index is 1.62. The number of hydrogen-bond donors (Lipinski definition) is 2. The molecule has 1 spiro atoms. The summed E-state index contributed by atoms with van der Waals surface area (Å²) < 4.78 is 18.6. The van der Waals surface area contributed by atoms with Crippen LogP contribution in [0.1, 0.15) is 6.23 Å². The Morgan fingerprint density at radius 1 is 1.15 bits per heavy atom. The van der Waals surface area contributed by atoms with Crippen molar-refractivity contribution < 1.29 is 34.1 Å². The molecule has 3 N–H and O–H groups in total. The fraction of sp³-hybridized carbons (Fsp3) is 0.375. The molecule has 34 heavy (non-hydrogen) atoms. The lowest BCUT2D eigenvalue weighted by Gasteiger charge is -2.34. The van der Waals surface area contributed by atoms with E-state index in [1.807, 2.05) is 0 Å². The van der Waals surface area contributed by atoms with Crippen LogP contribution in [0.4, 0.5) is 5.82 Å². The van der Waals surface area contributed by atoms with E-state index in [0.717, 1.165) is 6.33 Å². The van der Waals surface area contributed by atoms with Gasteiger partial charge in [0.25, 0.3) is 11.5 Å². The van der Waals surface area contributed by atoms with Gasteiger partial charge in [0, 0.05) is 6.08 Å². The number of aliphatic hydroxyl groups is 1.